The fourth-order valence-electron chi connectivity index (χ4n) is 2.17. The molecule has 21 heavy (non-hydrogen) atoms. The fraction of sp³-hybridized carbons (Fsp3) is 0.267. The van der Waals surface area contributed by atoms with Gasteiger partial charge in [-0.25, -0.2) is 0 Å². The largest absolute Gasteiger partial charge is 0.340 e. The number of nitrogens with zero attached hydrogens (tertiary/aromatic N) is 3. The summed E-state index contributed by atoms with van der Waals surface area (Å²) in [5.41, 5.74) is 3.67. The van der Waals surface area contributed by atoms with Gasteiger partial charge in [0.2, 0.25) is 0 Å². The Morgan fingerprint density at radius 3 is 2.76 bits per heavy atom. The number of benzene rings is 1. The van der Waals surface area contributed by atoms with E-state index in [1.165, 1.54) is 6.07 Å². The lowest BCUT2D eigenvalue weighted by Gasteiger charge is -2.05. The standard InChI is InChI=1S/C15H16N4O2/c1-11-13(7-15(8-16)18(11)2)10-17-9-12-4-3-5-14(6-12)19(20)21/h3-7,17H,9-10H2,1-2H3. The van der Waals surface area contributed by atoms with E-state index in [2.05, 4.69) is 11.4 Å². The van der Waals surface area contributed by atoms with Gasteiger partial charge in [0.1, 0.15) is 11.8 Å². The van der Waals surface area contributed by atoms with E-state index in [0.29, 0.717) is 18.8 Å². The number of rotatable bonds is 5. The Hall–Kier alpha value is -2.65. The second-order valence-corrected chi connectivity index (χ2v) is 4.84. The van der Waals surface area contributed by atoms with E-state index in [9.17, 15) is 10.1 Å². The number of nitro groups is 1. The zero-order valence-electron chi connectivity index (χ0n) is 12.0. The zero-order chi connectivity index (χ0) is 15.4. The van der Waals surface area contributed by atoms with Crippen molar-refractivity contribution in [3.63, 3.8) is 0 Å². The van der Waals surface area contributed by atoms with Crippen molar-refractivity contribution in [3.05, 3.63) is 63.0 Å². The van der Waals surface area contributed by atoms with Crippen molar-refractivity contribution < 1.29 is 4.92 Å². The Labute approximate surface area is 122 Å². The van der Waals surface area contributed by atoms with Crippen LogP contribution in [0.5, 0.6) is 0 Å². The summed E-state index contributed by atoms with van der Waals surface area (Å²) < 4.78 is 1.85. The number of hydrogen-bond donors (Lipinski definition) is 1. The summed E-state index contributed by atoms with van der Waals surface area (Å²) in [5.74, 6) is 0. The van der Waals surface area contributed by atoms with Gasteiger partial charge in [-0.3, -0.25) is 10.1 Å². The molecule has 1 aromatic heterocycles. The van der Waals surface area contributed by atoms with Crippen molar-refractivity contribution in [3.8, 4) is 6.07 Å². The minimum atomic E-state index is -0.399. The topological polar surface area (TPSA) is 83.9 Å². The monoisotopic (exact) mass is 284 g/mol. The van der Waals surface area contributed by atoms with Crippen molar-refractivity contribution in [2.75, 3.05) is 0 Å². The van der Waals surface area contributed by atoms with Crippen LogP contribution in [0.4, 0.5) is 5.69 Å². The first-order valence-corrected chi connectivity index (χ1v) is 6.52. The van der Waals surface area contributed by atoms with E-state index in [-0.39, 0.29) is 5.69 Å². The normalized spacial score (nSPS) is 10.3. The highest BCUT2D eigenvalue weighted by atomic mass is 16.6. The highest BCUT2D eigenvalue weighted by molar-refractivity contribution is 5.35. The van der Waals surface area contributed by atoms with Gasteiger partial charge in [-0.2, -0.15) is 5.26 Å². The van der Waals surface area contributed by atoms with E-state index in [0.717, 1.165) is 16.8 Å². The summed E-state index contributed by atoms with van der Waals surface area (Å²) in [6.45, 7) is 3.12. The minimum absolute atomic E-state index is 0.0944. The molecule has 0 aliphatic carbocycles. The molecule has 0 radical (unpaired) electrons. The Morgan fingerprint density at radius 1 is 1.38 bits per heavy atom. The summed E-state index contributed by atoms with van der Waals surface area (Å²) >= 11 is 0. The fourth-order valence-corrected chi connectivity index (χ4v) is 2.17. The van der Waals surface area contributed by atoms with Gasteiger partial charge in [0, 0.05) is 38.0 Å². The minimum Gasteiger partial charge on any atom is -0.340 e. The first-order chi connectivity index (χ1) is 10.0. The third-order valence-corrected chi connectivity index (χ3v) is 3.52. The van der Waals surface area contributed by atoms with Crippen LogP contribution in [-0.4, -0.2) is 9.49 Å². The van der Waals surface area contributed by atoms with Crippen molar-refractivity contribution in [1.29, 1.82) is 5.26 Å². The van der Waals surface area contributed by atoms with Gasteiger partial charge in [0.15, 0.2) is 0 Å². The van der Waals surface area contributed by atoms with Crippen LogP contribution in [0.3, 0.4) is 0 Å². The Morgan fingerprint density at radius 2 is 2.14 bits per heavy atom. The van der Waals surface area contributed by atoms with Gasteiger partial charge in [0.05, 0.1) is 4.92 Å². The smallest absolute Gasteiger partial charge is 0.269 e. The molecule has 0 saturated heterocycles. The number of nitro benzene ring substituents is 1. The highest BCUT2D eigenvalue weighted by Crippen LogP contribution is 2.15. The molecule has 0 unspecified atom stereocenters. The van der Waals surface area contributed by atoms with E-state index in [4.69, 9.17) is 5.26 Å². The molecule has 2 rings (SSSR count). The highest BCUT2D eigenvalue weighted by Gasteiger charge is 2.09. The quantitative estimate of drug-likeness (QED) is 0.675. The molecule has 1 N–H and O–H groups in total. The first kappa shape index (κ1) is 14.8. The summed E-state index contributed by atoms with van der Waals surface area (Å²) in [6, 6.07) is 10.6. The maximum atomic E-state index is 10.7. The summed E-state index contributed by atoms with van der Waals surface area (Å²) in [4.78, 5) is 10.3. The molecule has 0 aliphatic heterocycles. The zero-order valence-corrected chi connectivity index (χ0v) is 12.0. The number of hydrogen-bond acceptors (Lipinski definition) is 4. The second-order valence-electron chi connectivity index (χ2n) is 4.84. The summed E-state index contributed by atoms with van der Waals surface area (Å²) in [5, 5.41) is 22.9. The molecular weight excluding hydrogens is 268 g/mol. The molecule has 1 heterocycles. The van der Waals surface area contributed by atoms with Crippen molar-refractivity contribution in [2.45, 2.75) is 20.0 Å². The molecule has 0 atom stereocenters. The molecule has 0 bridgehead atoms. The number of nitriles is 1. The molecule has 6 heteroatoms. The third kappa shape index (κ3) is 3.27. The van der Waals surface area contributed by atoms with Crippen LogP contribution in [0, 0.1) is 28.4 Å². The van der Waals surface area contributed by atoms with E-state index in [1.54, 1.807) is 12.1 Å². The lowest BCUT2D eigenvalue weighted by Crippen LogP contribution is -2.13. The summed E-state index contributed by atoms with van der Waals surface area (Å²) in [6.07, 6.45) is 0. The predicted molar refractivity (Wildman–Crippen MR) is 78.5 cm³/mol. The average molecular weight is 284 g/mol. The number of aromatic nitrogens is 1. The molecule has 2 aromatic rings. The SMILES string of the molecule is Cc1c(CNCc2cccc([N+](=O)[O-])c2)cc(C#N)n1C. The molecule has 6 nitrogen and oxygen atoms in total. The Balaban J connectivity index is 2.00. The van der Waals surface area contributed by atoms with E-state index in [1.807, 2.05) is 30.7 Å². The van der Waals surface area contributed by atoms with Gasteiger partial charge in [-0.15, -0.1) is 0 Å². The molecule has 1 aromatic carbocycles. The first-order valence-electron chi connectivity index (χ1n) is 6.52. The average Bonchev–Trinajstić information content (AvgIpc) is 2.75. The molecule has 0 amide bonds. The van der Waals surface area contributed by atoms with E-state index >= 15 is 0 Å². The van der Waals surface area contributed by atoms with Gasteiger partial charge < -0.3 is 9.88 Å². The van der Waals surface area contributed by atoms with Crippen molar-refractivity contribution in [2.24, 2.45) is 7.05 Å². The van der Waals surface area contributed by atoms with Gasteiger partial charge in [-0.1, -0.05) is 12.1 Å². The van der Waals surface area contributed by atoms with Crippen LogP contribution in [0.25, 0.3) is 0 Å². The van der Waals surface area contributed by atoms with E-state index < -0.39 is 4.92 Å². The third-order valence-electron chi connectivity index (χ3n) is 3.52. The number of nitrogens with one attached hydrogen (secondary N) is 1. The van der Waals surface area contributed by atoms with Crippen LogP contribution in [0.1, 0.15) is 22.5 Å². The predicted octanol–water partition coefficient (Wildman–Crippen LogP) is 2.40. The molecule has 108 valence electrons. The molecule has 0 aliphatic rings. The van der Waals surface area contributed by atoms with Gasteiger partial charge >= 0.3 is 0 Å². The van der Waals surface area contributed by atoms with Crippen LogP contribution >= 0.6 is 0 Å². The van der Waals surface area contributed by atoms with Crippen LogP contribution in [0.2, 0.25) is 0 Å². The lowest BCUT2D eigenvalue weighted by atomic mass is 10.2. The maximum Gasteiger partial charge on any atom is 0.269 e. The van der Waals surface area contributed by atoms with Gasteiger partial charge in [0.25, 0.3) is 5.69 Å². The molecular formula is C15H16N4O2. The van der Waals surface area contributed by atoms with Crippen molar-refractivity contribution >= 4 is 5.69 Å². The van der Waals surface area contributed by atoms with Crippen LogP contribution in [0.15, 0.2) is 30.3 Å². The van der Waals surface area contributed by atoms with Crippen molar-refractivity contribution in [1.82, 2.24) is 9.88 Å². The maximum absolute atomic E-state index is 10.7. The summed E-state index contributed by atoms with van der Waals surface area (Å²) in [7, 11) is 1.86. The Bertz CT molecular complexity index is 713. The van der Waals surface area contributed by atoms with Gasteiger partial charge in [-0.05, 0) is 24.1 Å². The number of non-ortho nitro benzene ring substituents is 1. The Kier molecular flexibility index (Phi) is 4.36. The second kappa shape index (κ2) is 6.20. The molecule has 0 saturated carbocycles. The molecule has 0 spiro atoms. The van der Waals surface area contributed by atoms with Crippen LogP contribution in [-0.2, 0) is 20.1 Å². The lowest BCUT2D eigenvalue weighted by molar-refractivity contribution is -0.384. The van der Waals surface area contributed by atoms with Crippen LogP contribution < -0.4 is 5.32 Å². The molecule has 0 fully saturated rings.